The molecular weight excluding hydrogens is 480 g/mol. The van der Waals surface area contributed by atoms with E-state index >= 15 is 0 Å². The summed E-state index contributed by atoms with van der Waals surface area (Å²) in [4.78, 5) is 28.9. The van der Waals surface area contributed by atoms with E-state index in [0.29, 0.717) is 30.8 Å². The van der Waals surface area contributed by atoms with Crippen molar-refractivity contribution in [1.82, 2.24) is 10.2 Å². The molecule has 3 aromatic carbocycles. The van der Waals surface area contributed by atoms with Crippen LogP contribution in [0.15, 0.2) is 78.9 Å². The molecule has 0 fully saturated rings. The third kappa shape index (κ3) is 8.75. The van der Waals surface area contributed by atoms with Crippen LogP contribution >= 0.6 is 11.6 Å². The fraction of sp³-hybridized carbons (Fsp3) is 0.375. The van der Waals surface area contributed by atoms with Gasteiger partial charge in [0, 0.05) is 30.5 Å². The molecule has 0 aliphatic rings. The van der Waals surface area contributed by atoms with Gasteiger partial charge in [0.05, 0.1) is 0 Å². The Kier molecular flexibility index (Phi) is 9.93. The Bertz CT molecular complexity index is 1170. The molecule has 0 radical (unpaired) electrons. The number of carbonyl (C=O) groups is 2. The third-order valence-electron chi connectivity index (χ3n) is 6.39. The number of nitrogens with zero attached hydrogens (tertiary/aromatic N) is 1. The lowest BCUT2D eigenvalue weighted by Gasteiger charge is -2.32. The fourth-order valence-corrected chi connectivity index (χ4v) is 4.55. The summed E-state index contributed by atoms with van der Waals surface area (Å²) >= 11 is 6.25. The lowest BCUT2D eigenvalue weighted by atomic mass is 9.86. The molecule has 0 saturated heterocycles. The molecule has 0 bridgehead atoms. The molecule has 4 nitrogen and oxygen atoms in total. The first-order valence-electron chi connectivity index (χ1n) is 13.0. The van der Waals surface area contributed by atoms with Crippen LogP contribution in [-0.4, -0.2) is 28.8 Å². The van der Waals surface area contributed by atoms with Crippen molar-refractivity contribution in [2.45, 2.75) is 77.9 Å². The number of halogens is 1. The maximum Gasteiger partial charge on any atom is 0.243 e. The van der Waals surface area contributed by atoms with Crippen LogP contribution in [0.2, 0.25) is 5.02 Å². The number of nitrogens with one attached hydrogen (secondary N) is 1. The van der Waals surface area contributed by atoms with Gasteiger partial charge in [-0.15, -0.1) is 0 Å². The maximum absolute atomic E-state index is 13.8. The third-order valence-corrected chi connectivity index (χ3v) is 6.63. The monoisotopic (exact) mass is 518 g/mol. The molecule has 1 N–H and O–H groups in total. The van der Waals surface area contributed by atoms with Crippen molar-refractivity contribution in [3.63, 3.8) is 0 Å². The Morgan fingerprint density at radius 2 is 1.51 bits per heavy atom. The van der Waals surface area contributed by atoms with Crippen LogP contribution in [0.3, 0.4) is 0 Å². The first kappa shape index (κ1) is 28.5. The van der Waals surface area contributed by atoms with Crippen LogP contribution in [0.5, 0.6) is 0 Å². The van der Waals surface area contributed by atoms with E-state index < -0.39 is 6.04 Å². The molecular formula is C32H39ClN2O2. The van der Waals surface area contributed by atoms with Gasteiger partial charge in [-0.1, -0.05) is 99.1 Å². The summed E-state index contributed by atoms with van der Waals surface area (Å²) in [6, 6.07) is 25.1. The van der Waals surface area contributed by atoms with Gasteiger partial charge >= 0.3 is 0 Å². The summed E-state index contributed by atoms with van der Waals surface area (Å²) in [7, 11) is 0. The van der Waals surface area contributed by atoms with Gasteiger partial charge in [-0.25, -0.2) is 0 Å². The molecule has 0 unspecified atom stereocenters. The van der Waals surface area contributed by atoms with Crippen molar-refractivity contribution < 1.29 is 9.59 Å². The summed E-state index contributed by atoms with van der Waals surface area (Å²) < 4.78 is 0. The van der Waals surface area contributed by atoms with Crippen LogP contribution in [0.4, 0.5) is 0 Å². The largest absolute Gasteiger partial charge is 0.352 e. The van der Waals surface area contributed by atoms with Gasteiger partial charge in [0.1, 0.15) is 6.04 Å². The highest BCUT2D eigenvalue weighted by molar-refractivity contribution is 6.30. The zero-order chi connectivity index (χ0) is 27.0. The smallest absolute Gasteiger partial charge is 0.243 e. The molecule has 0 spiro atoms. The average molecular weight is 519 g/mol. The zero-order valence-corrected chi connectivity index (χ0v) is 23.4. The lowest BCUT2D eigenvalue weighted by Crippen LogP contribution is -2.51. The van der Waals surface area contributed by atoms with Crippen molar-refractivity contribution in [1.29, 1.82) is 0 Å². The van der Waals surface area contributed by atoms with E-state index in [-0.39, 0.29) is 23.3 Å². The minimum Gasteiger partial charge on any atom is -0.352 e. The number of carbonyl (C=O) groups excluding carboxylic acids is 2. The van der Waals surface area contributed by atoms with E-state index in [0.717, 1.165) is 16.7 Å². The molecule has 5 heteroatoms. The van der Waals surface area contributed by atoms with Gasteiger partial charge in [0.2, 0.25) is 11.8 Å². The molecule has 0 heterocycles. The van der Waals surface area contributed by atoms with E-state index in [9.17, 15) is 9.59 Å². The number of aryl methyl sites for hydroxylation is 1. The highest BCUT2D eigenvalue weighted by Gasteiger charge is 2.30. The Labute approximate surface area is 227 Å². The van der Waals surface area contributed by atoms with E-state index in [1.54, 1.807) is 4.90 Å². The molecule has 0 aromatic heterocycles. The summed E-state index contributed by atoms with van der Waals surface area (Å²) in [6.45, 7) is 10.7. The predicted octanol–water partition coefficient (Wildman–Crippen LogP) is 6.73. The van der Waals surface area contributed by atoms with Crippen molar-refractivity contribution in [2.24, 2.45) is 0 Å². The molecule has 0 aliphatic heterocycles. The second kappa shape index (κ2) is 12.9. The molecule has 2 amide bonds. The second-order valence-corrected chi connectivity index (χ2v) is 11.4. The minimum absolute atomic E-state index is 0.0322. The summed E-state index contributed by atoms with van der Waals surface area (Å²) in [6.07, 6.45) is 1.36. The number of rotatable bonds is 10. The maximum atomic E-state index is 13.8. The second-order valence-electron chi connectivity index (χ2n) is 11.0. The van der Waals surface area contributed by atoms with Gasteiger partial charge in [-0.05, 0) is 60.1 Å². The van der Waals surface area contributed by atoms with Gasteiger partial charge in [-0.3, -0.25) is 9.59 Å². The van der Waals surface area contributed by atoms with E-state index in [1.165, 1.54) is 5.56 Å². The molecule has 3 aromatic rings. The first-order chi connectivity index (χ1) is 17.5. The molecule has 3 rings (SSSR count). The van der Waals surface area contributed by atoms with Crippen molar-refractivity contribution in [2.75, 3.05) is 0 Å². The quantitative estimate of drug-likeness (QED) is 0.323. The standard InChI is InChI=1S/C32H39ClN2O2/c1-23(2)34-31(37)29(21-25-10-7-6-8-11-25)35(22-26-12-9-13-28(33)20-26)30(36)19-16-24-14-17-27(18-15-24)32(3,4)5/h6-15,17-18,20,23,29H,16,19,21-22H2,1-5H3,(H,34,37)/t29-/m1/s1. The number of benzene rings is 3. The van der Waals surface area contributed by atoms with Crippen molar-refractivity contribution in [3.05, 3.63) is 106 Å². The fourth-order valence-electron chi connectivity index (χ4n) is 4.33. The summed E-state index contributed by atoms with van der Waals surface area (Å²) in [5, 5.41) is 3.64. The van der Waals surface area contributed by atoms with Crippen LogP contribution in [0.1, 0.15) is 63.3 Å². The molecule has 0 saturated carbocycles. The minimum atomic E-state index is -0.639. The topological polar surface area (TPSA) is 49.4 Å². The van der Waals surface area contributed by atoms with Crippen molar-refractivity contribution in [3.8, 4) is 0 Å². The van der Waals surface area contributed by atoms with Gasteiger partial charge < -0.3 is 10.2 Å². The van der Waals surface area contributed by atoms with E-state index in [1.807, 2.05) is 68.4 Å². The SMILES string of the molecule is CC(C)NC(=O)[C@@H](Cc1ccccc1)N(Cc1cccc(Cl)c1)C(=O)CCc1ccc(C(C)(C)C)cc1. The van der Waals surface area contributed by atoms with Crippen molar-refractivity contribution >= 4 is 23.4 Å². The van der Waals surface area contributed by atoms with Crippen LogP contribution < -0.4 is 5.32 Å². The Balaban J connectivity index is 1.88. The highest BCUT2D eigenvalue weighted by Crippen LogP contribution is 2.23. The van der Waals surface area contributed by atoms with Crippen LogP contribution in [0, 0.1) is 0 Å². The average Bonchev–Trinajstić information content (AvgIpc) is 2.84. The van der Waals surface area contributed by atoms with E-state index in [2.05, 4.69) is 50.4 Å². The van der Waals surface area contributed by atoms with Crippen LogP contribution in [0.25, 0.3) is 0 Å². The predicted molar refractivity (Wildman–Crippen MR) is 153 cm³/mol. The first-order valence-corrected chi connectivity index (χ1v) is 13.4. The van der Waals surface area contributed by atoms with Gasteiger partial charge in [0.25, 0.3) is 0 Å². The van der Waals surface area contributed by atoms with Gasteiger partial charge in [-0.2, -0.15) is 0 Å². The normalized spacial score (nSPS) is 12.3. The number of hydrogen-bond acceptors (Lipinski definition) is 2. The summed E-state index contributed by atoms with van der Waals surface area (Å²) in [5.41, 5.74) is 4.35. The number of amides is 2. The Morgan fingerprint density at radius 3 is 2.11 bits per heavy atom. The summed E-state index contributed by atoms with van der Waals surface area (Å²) in [5.74, 6) is -0.205. The molecule has 1 atom stereocenters. The Hall–Kier alpha value is -3.11. The van der Waals surface area contributed by atoms with Crippen LogP contribution in [-0.2, 0) is 34.4 Å². The lowest BCUT2D eigenvalue weighted by molar-refractivity contribution is -0.141. The highest BCUT2D eigenvalue weighted by atomic mass is 35.5. The van der Waals surface area contributed by atoms with E-state index in [4.69, 9.17) is 11.6 Å². The zero-order valence-electron chi connectivity index (χ0n) is 22.6. The molecule has 37 heavy (non-hydrogen) atoms. The molecule has 0 aliphatic carbocycles. The van der Waals surface area contributed by atoms with Gasteiger partial charge in [0.15, 0.2) is 0 Å². The Morgan fingerprint density at radius 1 is 0.865 bits per heavy atom. The number of hydrogen-bond donors (Lipinski definition) is 1. The molecule has 196 valence electrons.